The minimum Gasteiger partial charge on any atom is -0.493 e. The van der Waals surface area contributed by atoms with Gasteiger partial charge in [-0.05, 0) is 37.6 Å². The molecule has 0 bridgehead atoms. The van der Waals surface area contributed by atoms with Crippen LogP contribution in [0.25, 0.3) is 12.2 Å². The summed E-state index contributed by atoms with van der Waals surface area (Å²) in [5, 5.41) is 3.33. The van der Waals surface area contributed by atoms with Crippen molar-refractivity contribution < 1.29 is 23.5 Å². The Morgan fingerprint density at radius 3 is 2.42 bits per heavy atom. The Morgan fingerprint density at radius 2 is 1.85 bits per heavy atom. The molecular formula is C20H28NO4S+. The van der Waals surface area contributed by atoms with Crippen LogP contribution >= 0.6 is 11.3 Å². The largest absolute Gasteiger partial charge is 0.493 e. The third-order valence-corrected chi connectivity index (χ3v) is 5.01. The van der Waals surface area contributed by atoms with E-state index in [2.05, 4.69) is 36.1 Å². The van der Waals surface area contributed by atoms with Crippen LogP contribution in [0.4, 0.5) is 0 Å². The average Bonchev–Trinajstić information content (AvgIpc) is 2.97. The number of hydrogen-bond acceptors (Lipinski definition) is 5. The maximum Gasteiger partial charge on any atom is 0.261 e. The van der Waals surface area contributed by atoms with Crippen LogP contribution in [-0.4, -0.2) is 33.2 Å². The molecule has 0 amide bonds. The minimum atomic E-state index is -0.387. The predicted octanol–water partition coefficient (Wildman–Crippen LogP) is 3.84. The standard InChI is InChI=1S/C20H28NO4S/c1-6-23-20(24-7-2)13-25-18-12-16(8-10-17(18)22-5)9-11-19-21(4)15(3)14-26-19/h8-12,14,20H,6-7,13H2,1-5H3/q+1. The van der Waals surface area contributed by atoms with Gasteiger partial charge in [-0.2, -0.15) is 4.57 Å². The molecular weight excluding hydrogens is 350 g/mol. The Kier molecular flexibility index (Phi) is 8.09. The molecule has 0 fully saturated rings. The van der Waals surface area contributed by atoms with E-state index in [0.717, 1.165) is 5.56 Å². The summed E-state index contributed by atoms with van der Waals surface area (Å²) >= 11 is 1.72. The number of nitrogens with zero attached hydrogens (tertiary/aromatic N) is 1. The Labute approximate surface area is 159 Å². The lowest BCUT2D eigenvalue weighted by Gasteiger charge is -2.18. The minimum absolute atomic E-state index is 0.310. The highest BCUT2D eigenvalue weighted by Crippen LogP contribution is 2.29. The highest BCUT2D eigenvalue weighted by Gasteiger charge is 2.12. The molecule has 26 heavy (non-hydrogen) atoms. The van der Waals surface area contributed by atoms with Gasteiger partial charge >= 0.3 is 0 Å². The molecule has 0 radical (unpaired) electrons. The van der Waals surface area contributed by atoms with E-state index in [1.54, 1.807) is 18.4 Å². The normalized spacial score (nSPS) is 11.5. The smallest absolute Gasteiger partial charge is 0.261 e. The van der Waals surface area contributed by atoms with E-state index >= 15 is 0 Å². The fraction of sp³-hybridized carbons (Fsp3) is 0.450. The summed E-state index contributed by atoms with van der Waals surface area (Å²) in [6, 6.07) is 5.88. The quantitative estimate of drug-likeness (QED) is 0.465. The molecule has 0 unspecified atom stereocenters. The van der Waals surface area contributed by atoms with Crippen LogP contribution in [0.15, 0.2) is 23.6 Å². The monoisotopic (exact) mass is 378 g/mol. The molecule has 0 aliphatic rings. The van der Waals surface area contributed by atoms with Gasteiger partial charge in [0.15, 0.2) is 23.5 Å². The number of rotatable bonds is 10. The Hall–Kier alpha value is -1.89. The first-order valence-corrected chi connectivity index (χ1v) is 9.63. The van der Waals surface area contributed by atoms with Crippen molar-refractivity contribution in [3.63, 3.8) is 0 Å². The first-order chi connectivity index (χ1) is 12.6. The van der Waals surface area contributed by atoms with Crippen molar-refractivity contribution >= 4 is 23.5 Å². The molecule has 1 aromatic carbocycles. The van der Waals surface area contributed by atoms with E-state index < -0.39 is 0 Å². The van der Waals surface area contributed by atoms with Gasteiger partial charge in [0.25, 0.3) is 5.01 Å². The van der Waals surface area contributed by atoms with Crippen LogP contribution in [0, 0.1) is 6.92 Å². The molecule has 0 aliphatic heterocycles. The summed E-state index contributed by atoms with van der Waals surface area (Å²) in [6.07, 6.45) is 3.79. The van der Waals surface area contributed by atoms with Gasteiger partial charge < -0.3 is 18.9 Å². The molecule has 0 N–H and O–H groups in total. The van der Waals surface area contributed by atoms with Gasteiger partial charge in [-0.1, -0.05) is 17.4 Å². The maximum atomic E-state index is 5.90. The lowest BCUT2D eigenvalue weighted by atomic mass is 10.2. The number of ether oxygens (including phenoxy) is 4. The fourth-order valence-corrected chi connectivity index (χ4v) is 3.28. The van der Waals surface area contributed by atoms with E-state index in [-0.39, 0.29) is 6.29 Å². The fourth-order valence-electron chi connectivity index (χ4n) is 2.38. The van der Waals surface area contributed by atoms with Crippen molar-refractivity contribution in [2.24, 2.45) is 7.05 Å². The number of aromatic nitrogens is 1. The third kappa shape index (κ3) is 5.56. The van der Waals surface area contributed by atoms with Gasteiger partial charge in [0.2, 0.25) is 0 Å². The Bertz CT molecular complexity index is 721. The van der Waals surface area contributed by atoms with Gasteiger partial charge in [-0.3, -0.25) is 0 Å². The van der Waals surface area contributed by atoms with Crippen LogP contribution in [0.2, 0.25) is 0 Å². The molecule has 0 atom stereocenters. The maximum absolute atomic E-state index is 5.90. The molecule has 5 nitrogen and oxygen atoms in total. The van der Waals surface area contributed by atoms with Gasteiger partial charge in [0.1, 0.15) is 13.7 Å². The number of aryl methyl sites for hydroxylation is 1. The second-order valence-electron chi connectivity index (χ2n) is 5.67. The highest BCUT2D eigenvalue weighted by atomic mass is 32.1. The molecule has 6 heteroatoms. The van der Waals surface area contributed by atoms with Crippen molar-refractivity contribution in [2.45, 2.75) is 27.1 Å². The van der Waals surface area contributed by atoms with E-state index in [4.69, 9.17) is 18.9 Å². The van der Waals surface area contributed by atoms with Crippen molar-refractivity contribution in [3.05, 3.63) is 39.8 Å². The van der Waals surface area contributed by atoms with Crippen LogP contribution in [0.3, 0.4) is 0 Å². The first-order valence-electron chi connectivity index (χ1n) is 8.75. The van der Waals surface area contributed by atoms with Crippen LogP contribution < -0.4 is 14.0 Å². The Balaban J connectivity index is 2.13. The van der Waals surface area contributed by atoms with Gasteiger partial charge in [0.05, 0.1) is 12.5 Å². The van der Waals surface area contributed by atoms with E-state index in [0.29, 0.717) is 31.3 Å². The zero-order valence-electron chi connectivity index (χ0n) is 16.2. The zero-order chi connectivity index (χ0) is 18.9. The summed E-state index contributed by atoms with van der Waals surface area (Å²) in [4.78, 5) is 0. The van der Waals surface area contributed by atoms with Crippen molar-refractivity contribution in [1.82, 2.24) is 0 Å². The highest BCUT2D eigenvalue weighted by molar-refractivity contribution is 7.10. The summed E-state index contributed by atoms with van der Waals surface area (Å²) in [5.41, 5.74) is 2.28. The second kappa shape index (κ2) is 10.3. The molecule has 142 valence electrons. The summed E-state index contributed by atoms with van der Waals surface area (Å²) in [7, 11) is 3.70. The molecule has 0 saturated heterocycles. The van der Waals surface area contributed by atoms with Crippen molar-refractivity contribution in [1.29, 1.82) is 0 Å². The third-order valence-electron chi connectivity index (χ3n) is 3.90. The molecule has 1 aromatic heterocycles. The Morgan fingerprint density at radius 1 is 1.12 bits per heavy atom. The topological polar surface area (TPSA) is 40.8 Å². The van der Waals surface area contributed by atoms with Crippen molar-refractivity contribution in [3.8, 4) is 11.5 Å². The number of methoxy groups -OCH3 is 1. The van der Waals surface area contributed by atoms with Crippen molar-refractivity contribution in [2.75, 3.05) is 26.9 Å². The van der Waals surface area contributed by atoms with Gasteiger partial charge in [-0.15, -0.1) is 0 Å². The molecule has 2 rings (SSSR count). The second-order valence-corrected chi connectivity index (χ2v) is 6.56. The SMILES string of the molecule is CCOC(COc1cc(C=Cc2scc(C)[n+]2C)ccc1OC)OCC. The molecule has 2 aromatic rings. The number of thiazole rings is 1. The van der Waals surface area contributed by atoms with Crippen LogP contribution in [0.5, 0.6) is 11.5 Å². The summed E-state index contributed by atoms with van der Waals surface area (Å²) in [5.74, 6) is 1.36. The lowest BCUT2D eigenvalue weighted by molar-refractivity contribution is -0.674. The zero-order valence-corrected chi connectivity index (χ0v) is 17.0. The number of hydrogen-bond donors (Lipinski definition) is 0. The van der Waals surface area contributed by atoms with Gasteiger partial charge in [0, 0.05) is 26.2 Å². The molecule has 1 heterocycles. The summed E-state index contributed by atoms with van der Waals surface area (Å²) < 4.78 is 24.5. The average molecular weight is 379 g/mol. The van der Waals surface area contributed by atoms with Gasteiger partial charge in [-0.25, -0.2) is 0 Å². The molecule has 0 spiro atoms. The number of benzene rings is 1. The van der Waals surface area contributed by atoms with E-state index in [1.165, 1.54) is 10.7 Å². The first kappa shape index (κ1) is 20.4. The van der Waals surface area contributed by atoms with Crippen LogP contribution in [-0.2, 0) is 16.5 Å². The summed E-state index contributed by atoms with van der Waals surface area (Å²) in [6.45, 7) is 7.43. The predicted molar refractivity (Wildman–Crippen MR) is 105 cm³/mol. The van der Waals surface area contributed by atoms with E-state index in [1.807, 2.05) is 32.0 Å². The lowest BCUT2D eigenvalue weighted by Crippen LogP contribution is -2.31. The molecule has 0 saturated carbocycles. The van der Waals surface area contributed by atoms with E-state index in [9.17, 15) is 0 Å². The molecule has 0 aliphatic carbocycles. The van der Waals surface area contributed by atoms with Crippen LogP contribution in [0.1, 0.15) is 30.1 Å².